The summed E-state index contributed by atoms with van der Waals surface area (Å²) in [6.45, 7) is 15.5. The van der Waals surface area contributed by atoms with E-state index in [1.165, 1.54) is 5.57 Å². The van der Waals surface area contributed by atoms with Crippen molar-refractivity contribution in [3.05, 3.63) is 11.6 Å². The standard InChI is InChI=1S/C30H46O5/c1-25(2)12-13-30(24(34)35)17(15-25)23-18(31)14-20-27(5)10-9-21(32)26(3,4)19(27)8-11-28(20,6)29(23,7)16-22(30)33/h14,17,19,21-23,32-33H,8-13,15-16H2,1-7H3,(H,34,35)/t17-,19-,21-,22+,23-,27-,28+,29+,30+/m0/s1. The first kappa shape index (κ1) is 25.4. The molecule has 0 aromatic carbocycles. The molecule has 5 rings (SSSR count). The molecular weight excluding hydrogens is 440 g/mol. The highest BCUT2D eigenvalue weighted by atomic mass is 16.4. The number of fused-ring (bicyclic) bond motifs is 7. The SMILES string of the molecule is CC1(C)CC[C@]2(C(=O)O)[C@H](O)C[C@]3(C)[C@H](C(=O)C=C4[C@@]5(C)CC[C@H](O)C(C)(C)[C@@H]5CC[C@]43C)[C@@H]2C1. The summed E-state index contributed by atoms with van der Waals surface area (Å²) >= 11 is 0. The highest BCUT2D eigenvalue weighted by Gasteiger charge is 2.73. The number of hydrogen-bond donors (Lipinski definition) is 3. The minimum atomic E-state index is -1.24. The lowest BCUT2D eigenvalue weighted by Gasteiger charge is -2.70. The number of aliphatic hydroxyl groups excluding tert-OH is 2. The minimum absolute atomic E-state index is 0.0556. The molecule has 0 unspecified atom stereocenters. The van der Waals surface area contributed by atoms with Crippen molar-refractivity contribution < 1.29 is 24.9 Å². The summed E-state index contributed by atoms with van der Waals surface area (Å²) in [5.41, 5.74) is -1.29. The molecular formula is C30H46O5. The van der Waals surface area contributed by atoms with Crippen LogP contribution in [0.25, 0.3) is 0 Å². The van der Waals surface area contributed by atoms with Crippen LogP contribution in [-0.2, 0) is 9.59 Å². The van der Waals surface area contributed by atoms with Crippen LogP contribution in [-0.4, -0.2) is 39.3 Å². The number of carbonyl (C=O) groups excluding carboxylic acids is 1. The van der Waals surface area contributed by atoms with Crippen molar-refractivity contribution in [3.63, 3.8) is 0 Å². The predicted octanol–water partition coefficient (Wildman–Crippen LogP) is 5.38. The summed E-state index contributed by atoms with van der Waals surface area (Å²) in [5, 5.41) is 33.0. The van der Waals surface area contributed by atoms with Gasteiger partial charge < -0.3 is 15.3 Å². The van der Waals surface area contributed by atoms with E-state index in [1.54, 1.807) is 0 Å². The fourth-order valence-electron chi connectivity index (χ4n) is 10.5. The second-order valence-electron chi connectivity index (χ2n) is 15.1. The first-order valence-electron chi connectivity index (χ1n) is 13.8. The molecule has 5 nitrogen and oxygen atoms in total. The van der Waals surface area contributed by atoms with Gasteiger partial charge in [-0.1, -0.05) is 54.0 Å². The van der Waals surface area contributed by atoms with E-state index in [0.717, 1.165) is 32.1 Å². The molecule has 35 heavy (non-hydrogen) atoms. The van der Waals surface area contributed by atoms with Crippen LogP contribution in [0.4, 0.5) is 0 Å². The van der Waals surface area contributed by atoms with Crippen molar-refractivity contribution in [2.75, 3.05) is 0 Å². The van der Waals surface area contributed by atoms with E-state index in [1.807, 2.05) is 6.08 Å². The van der Waals surface area contributed by atoms with Gasteiger partial charge in [-0.15, -0.1) is 0 Å². The summed E-state index contributed by atoms with van der Waals surface area (Å²) in [7, 11) is 0. The maximum Gasteiger partial charge on any atom is 0.312 e. The van der Waals surface area contributed by atoms with Crippen LogP contribution in [0.15, 0.2) is 11.6 Å². The number of carbonyl (C=O) groups is 2. The maximum atomic E-state index is 14.2. The molecule has 0 radical (unpaired) electrons. The molecule has 0 aromatic rings. The number of allylic oxidation sites excluding steroid dienone is 2. The number of ketones is 1. The molecule has 0 aliphatic heterocycles. The van der Waals surface area contributed by atoms with Crippen LogP contribution in [0.5, 0.6) is 0 Å². The molecule has 0 aromatic heterocycles. The zero-order valence-electron chi connectivity index (χ0n) is 22.8. The second kappa shape index (κ2) is 7.22. The van der Waals surface area contributed by atoms with E-state index in [2.05, 4.69) is 48.5 Å². The van der Waals surface area contributed by atoms with Crippen molar-refractivity contribution in [2.24, 2.45) is 50.2 Å². The van der Waals surface area contributed by atoms with E-state index in [9.17, 15) is 24.9 Å². The van der Waals surface area contributed by atoms with Crippen LogP contribution >= 0.6 is 0 Å². The molecule has 9 atom stereocenters. The van der Waals surface area contributed by atoms with Crippen molar-refractivity contribution in [1.29, 1.82) is 0 Å². The van der Waals surface area contributed by atoms with Crippen molar-refractivity contribution >= 4 is 11.8 Å². The Balaban J connectivity index is 1.68. The molecule has 0 heterocycles. The van der Waals surface area contributed by atoms with E-state index in [4.69, 9.17) is 0 Å². The van der Waals surface area contributed by atoms with E-state index >= 15 is 0 Å². The van der Waals surface area contributed by atoms with Gasteiger partial charge in [-0.25, -0.2) is 0 Å². The largest absolute Gasteiger partial charge is 0.481 e. The predicted molar refractivity (Wildman–Crippen MR) is 134 cm³/mol. The molecule has 196 valence electrons. The van der Waals surface area contributed by atoms with Crippen LogP contribution in [0, 0.1) is 50.2 Å². The summed E-state index contributed by atoms with van der Waals surface area (Å²) in [6.07, 6.45) is 6.28. The first-order chi connectivity index (χ1) is 16.0. The number of rotatable bonds is 1. The molecule has 0 amide bonds. The van der Waals surface area contributed by atoms with Gasteiger partial charge in [0.05, 0.1) is 17.6 Å². The van der Waals surface area contributed by atoms with Crippen molar-refractivity contribution in [3.8, 4) is 0 Å². The lowest BCUT2D eigenvalue weighted by molar-refractivity contribution is -0.220. The van der Waals surface area contributed by atoms with Crippen LogP contribution in [0.1, 0.15) is 99.8 Å². The highest BCUT2D eigenvalue weighted by Crippen LogP contribution is 2.75. The van der Waals surface area contributed by atoms with E-state index in [0.29, 0.717) is 19.3 Å². The first-order valence-corrected chi connectivity index (χ1v) is 13.8. The quantitative estimate of drug-likeness (QED) is 0.462. The zero-order chi connectivity index (χ0) is 26.0. The summed E-state index contributed by atoms with van der Waals surface area (Å²) in [5.74, 6) is -1.33. The molecule has 5 heteroatoms. The molecule has 0 saturated heterocycles. The smallest absolute Gasteiger partial charge is 0.312 e. The number of aliphatic hydroxyl groups is 2. The molecule has 5 aliphatic rings. The second-order valence-corrected chi connectivity index (χ2v) is 15.1. The normalized spacial score (nSPS) is 52.3. The van der Waals surface area contributed by atoms with Gasteiger partial charge in [-0.2, -0.15) is 0 Å². The molecule has 4 fully saturated rings. The van der Waals surface area contributed by atoms with E-state index in [-0.39, 0.29) is 45.4 Å². The molecule has 5 aliphatic carbocycles. The van der Waals surface area contributed by atoms with E-state index < -0.39 is 28.8 Å². The summed E-state index contributed by atoms with van der Waals surface area (Å²) < 4.78 is 0. The molecule has 4 saturated carbocycles. The van der Waals surface area contributed by atoms with Gasteiger partial charge in [0.25, 0.3) is 0 Å². The van der Waals surface area contributed by atoms with Gasteiger partial charge in [-0.05, 0) is 96.4 Å². The van der Waals surface area contributed by atoms with Gasteiger partial charge in [0, 0.05) is 5.92 Å². The topological polar surface area (TPSA) is 94.8 Å². The third-order valence-electron chi connectivity index (χ3n) is 12.8. The van der Waals surface area contributed by atoms with Crippen LogP contribution < -0.4 is 0 Å². The monoisotopic (exact) mass is 486 g/mol. The number of hydrogen-bond acceptors (Lipinski definition) is 4. The fraction of sp³-hybridized carbons (Fsp3) is 0.867. The van der Waals surface area contributed by atoms with Gasteiger partial charge >= 0.3 is 5.97 Å². The van der Waals surface area contributed by atoms with Gasteiger partial charge in [0.15, 0.2) is 5.78 Å². The average molecular weight is 487 g/mol. The third kappa shape index (κ3) is 2.94. The number of aliphatic carboxylic acids is 1. The minimum Gasteiger partial charge on any atom is -0.481 e. The lowest BCUT2D eigenvalue weighted by atomic mass is 9.33. The van der Waals surface area contributed by atoms with Gasteiger partial charge in [0.2, 0.25) is 0 Å². The fourth-order valence-corrected chi connectivity index (χ4v) is 10.5. The third-order valence-corrected chi connectivity index (χ3v) is 12.8. The lowest BCUT2D eigenvalue weighted by Crippen LogP contribution is -2.69. The Labute approximate surface area is 210 Å². The molecule has 3 N–H and O–H groups in total. The van der Waals surface area contributed by atoms with Crippen molar-refractivity contribution in [2.45, 2.75) is 112 Å². The van der Waals surface area contributed by atoms with Gasteiger partial charge in [-0.3, -0.25) is 9.59 Å². The number of carboxylic acids is 1. The Kier molecular flexibility index (Phi) is 5.25. The van der Waals surface area contributed by atoms with Crippen LogP contribution in [0.3, 0.4) is 0 Å². The average Bonchev–Trinajstić information content (AvgIpc) is 2.72. The highest BCUT2D eigenvalue weighted by molar-refractivity contribution is 5.96. The summed E-state index contributed by atoms with van der Waals surface area (Å²) in [6, 6.07) is 0. The number of carboxylic acid groups (broad SMARTS) is 1. The molecule has 0 bridgehead atoms. The Hall–Kier alpha value is -1.20. The molecule has 0 spiro atoms. The van der Waals surface area contributed by atoms with Crippen molar-refractivity contribution in [1.82, 2.24) is 0 Å². The Bertz CT molecular complexity index is 995. The zero-order valence-corrected chi connectivity index (χ0v) is 22.8. The Morgan fingerprint density at radius 2 is 1.54 bits per heavy atom. The van der Waals surface area contributed by atoms with Gasteiger partial charge in [0.1, 0.15) is 0 Å². The summed E-state index contributed by atoms with van der Waals surface area (Å²) in [4.78, 5) is 27.0. The van der Waals surface area contributed by atoms with Crippen LogP contribution in [0.2, 0.25) is 0 Å². The maximum absolute atomic E-state index is 14.2. The Morgan fingerprint density at radius 3 is 2.17 bits per heavy atom. The Morgan fingerprint density at radius 1 is 0.886 bits per heavy atom.